The van der Waals surface area contributed by atoms with Crippen LogP contribution in [0.25, 0.3) is 10.9 Å². The smallest absolute Gasteiger partial charge is 0.108 e. The van der Waals surface area contributed by atoms with Gasteiger partial charge < -0.3 is 5.11 Å². The Bertz CT molecular complexity index is 516. The lowest BCUT2D eigenvalue weighted by molar-refractivity contribution is 0.151. The van der Waals surface area contributed by atoms with Crippen LogP contribution in [0.4, 0.5) is 0 Å². The molecule has 15 heavy (non-hydrogen) atoms. The molecule has 0 aliphatic heterocycles. The van der Waals surface area contributed by atoms with Gasteiger partial charge in [-0.15, -0.1) is 0 Å². The van der Waals surface area contributed by atoms with Gasteiger partial charge >= 0.3 is 0 Å². The molecule has 0 amide bonds. The van der Waals surface area contributed by atoms with E-state index in [9.17, 15) is 5.11 Å². The van der Waals surface area contributed by atoms with Crippen molar-refractivity contribution in [3.63, 3.8) is 0 Å². The fourth-order valence-electron chi connectivity index (χ4n) is 1.88. The molecule has 0 radical (unpaired) electrons. The summed E-state index contributed by atoms with van der Waals surface area (Å²) in [5.41, 5.74) is 1.62. The summed E-state index contributed by atoms with van der Waals surface area (Å²) in [7, 11) is 0. The molecule has 1 aromatic carbocycles. The van der Waals surface area contributed by atoms with Crippen molar-refractivity contribution in [3.05, 3.63) is 28.4 Å². The van der Waals surface area contributed by atoms with Crippen molar-refractivity contribution in [1.82, 2.24) is 10.2 Å². The molecule has 1 aromatic heterocycles. The third-order valence-corrected chi connectivity index (χ3v) is 3.57. The van der Waals surface area contributed by atoms with Crippen molar-refractivity contribution in [2.45, 2.75) is 24.9 Å². The van der Waals surface area contributed by atoms with Gasteiger partial charge in [-0.3, -0.25) is 5.10 Å². The van der Waals surface area contributed by atoms with Crippen LogP contribution < -0.4 is 0 Å². The van der Waals surface area contributed by atoms with E-state index in [1.807, 2.05) is 18.2 Å². The van der Waals surface area contributed by atoms with Crippen molar-refractivity contribution in [1.29, 1.82) is 0 Å². The van der Waals surface area contributed by atoms with Crippen molar-refractivity contribution in [2.24, 2.45) is 0 Å². The van der Waals surface area contributed by atoms with Gasteiger partial charge in [0, 0.05) is 11.8 Å². The maximum atomic E-state index is 9.90. The number of aromatic amines is 1. The highest BCUT2D eigenvalue weighted by Gasteiger charge is 2.40. The zero-order valence-electron chi connectivity index (χ0n) is 8.13. The summed E-state index contributed by atoms with van der Waals surface area (Å²) in [6.45, 7) is 0. The Balaban J connectivity index is 2.09. The van der Waals surface area contributed by atoms with Crippen LogP contribution in [0.5, 0.6) is 0 Å². The average molecular weight is 267 g/mol. The number of aromatic nitrogens is 2. The minimum absolute atomic E-state index is 0.459. The zero-order chi connectivity index (χ0) is 10.5. The third-order valence-electron chi connectivity index (χ3n) is 2.97. The number of H-pyrrole nitrogens is 1. The van der Waals surface area contributed by atoms with Gasteiger partial charge in [-0.25, -0.2) is 0 Å². The Hall–Kier alpha value is -0.870. The van der Waals surface area contributed by atoms with E-state index in [4.69, 9.17) is 0 Å². The molecule has 0 saturated heterocycles. The molecule has 3 nitrogen and oxygen atoms in total. The van der Waals surface area contributed by atoms with Crippen molar-refractivity contribution in [2.75, 3.05) is 0 Å². The van der Waals surface area contributed by atoms with Gasteiger partial charge in [0.05, 0.1) is 11.1 Å². The Kier molecular flexibility index (Phi) is 1.91. The van der Waals surface area contributed by atoms with Crippen molar-refractivity contribution in [3.8, 4) is 0 Å². The van der Waals surface area contributed by atoms with Gasteiger partial charge in [0.2, 0.25) is 0 Å². The summed E-state index contributed by atoms with van der Waals surface area (Å²) in [5.74, 6) is 0. The van der Waals surface area contributed by atoms with E-state index in [0.29, 0.717) is 6.42 Å². The molecule has 1 heterocycles. The Labute approximate surface area is 95.6 Å². The van der Waals surface area contributed by atoms with Crippen LogP contribution in [0.3, 0.4) is 0 Å². The number of hydrogen-bond acceptors (Lipinski definition) is 2. The SMILES string of the molecule is OC1(Cc2cccc3c(Br)[nH]nc23)CC1. The monoisotopic (exact) mass is 266 g/mol. The lowest BCUT2D eigenvalue weighted by Crippen LogP contribution is -2.10. The largest absolute Gasteiger partial charge is 0.390 e. The molecule has 1 aliphatic carbocycles. The maximum Gasteiger partial charge on any atom is 0.108 e. The molecule has 2 aromatic rings. The number of fused-ring (bicyclic) bond motifs is 1. The first kappa shape index (κ1) is 9.36. The maximum absolute atomic E-state index is 9.90. The van der Waals surface area contributed by atoms with E-state index in [2.05, 4.69) is 26.1 Å². The second kappa shape index (κ2) is 3.06. The van der Waals surface area contributed by atoms with E-state index >= 15 is 0 Å². The van der Waals surface area contributed by atoms with Crippen molar-refractivity contribution >= 4 is 26.8 Å². The molecule has 2 N–H and O–H groups in total. The Morgan fingerprint density at radius 2 is 2.27 bits per heavy atom. The number of benzene rings is 1. The lowest BCUT2D eigenvalue weighted by Gasteiger charge is -2.07. The molecule has 4 heteroatoms. The fourth-order valence-corrected chi connectivity index (χ4v) is 2.29. The summed E-state index contributed by atoms with van der Waals surface area (Å²) in [5, 5.41) is 18.1. The predicted molar refractivity (Wildman–Crippen MR) is 61.7 cm³/mol. The summed E-state index contributed by atoms with van der Waals surface area (Å²) in [6, 6.07) is 6.05. The zero-order valence-corrected chi connectivity index (χ0v) is 9.71. The van der Waals surface area contributed by atoms with E-state index in [1.165, 1.54) is 0 Å². The first-order valence-electron chi connectivity index (χ1n) is 5.02. The Morgan fingerprint density at radius 1 is 1.47 bits per heavy atom. The van der Waals surface area contributed by atoms with Crippen LogP contribution >= 0.6 is 15.9 Å². The van der Waals surface area contributed by atoms with E-state index in [0.717, 1.165) is 33.9 Å². The van der Waals surface area contributed by atoms with Crippen LogP contribution in [0.15, 0.2) is 22.8 Å². The summed E-state index contributed by atoms with van der Waals surface area (Å²) < 4.78 is 0.905. The minimum atomic E-state index is -0.459. The first-order valence-corrected chi connectivity index (χ1v) is 5.81. The molecule has 0 bridgehead atoms. The predicted octanol–water partition coefficient (Wildman–Crippen LogP) is 2.39. The second-order valence-corrected chi connectivity index (χ2v) is 5.05. The molecule has 1 saturated carbocycles. The molecule has 3 rings (SSSR count). The first-order chi connectivity index (χ1) is 7.18. The van der Waals surface area contributed by atoms with E-state index in [1.54, 1.807) is 0 Å². The number of aliphatic hydroxyl groups is 1. The van der Waals surface area contributed by atoms with Crippen LogP contribution in [-0.2, 0) is 6.42 Å². The molecule has 0 spiro atoms. The molecule has 78 valence electrons. The quantitative estimate of drug-likeness (QED) is 0.877. The molecule has 1 aliphatic rings. The Morgan fingerprint density at radius 3 is 3.00 bits per heavy atom. The molecule has 0 unspecified atom stereocenters. The van der Waals surface area contributed by atoms with Gasteiger partial charge in [-0.05, 0) is 34.3 Å². The lowest BCUT2D eigenvalue weighted by atomic mass is 10.0. The van der Waals surface area contributed by atoms with Crippen LogP contribution in [-0.4, -0.2) is 20.9 Å². The molecule has 0 atom stereocenters. The minimum Gasteiger partial charge on any atom is -0.390 e. The number of para-hydroxylation sites is 1. The molecular formula is C11H11BrN2O. The van der Waals surface area contributed by atoms with Gasteiger partial charge in [0.15, 0.2) is 0 Å². The van der Waals surface area contributed by atoms with Crippen LogP contribution in [0, 0.1) is 0 Å². The van der Waals surface area contributed by atoms with Gasteiger partial charge in [0.1, 0.15) is 4.60 Å². The second-order valence-electron chi connectivity index (χ2n) is 4.25. The summed E-state index contributed by atoms with van der Waals surface area (Å²) in [6.07, 6.45) is 2.53. The standard InChI is InChI=1S/C11H11BrN2O/c12-10-8-3-1-2-7(9(8)13-14-10)6-11(15)4-5-11/h1-3,15H,4-6H2,(H,13,14). The normalized spacial score (nSPS) is 18.3. The van der Waals surface area contributed by atoms with Crippen LogP contribution in [0.1, 0.15) is 18.4 Å². The van der Waals surface area contributed by atoms with E-state index in [-0.39, 0.29) is 0 Å². The highest BCUT2D eigenvalue weighted by molar-refractivity contribution is 9.10. The van der Waals surface area contributed by atoms with Gasteiger partial charge in [-0.2, -0.15) is 5.10 Å². The number of nitrogens with zero attached hydrogens (tertiary/aromatic N) is 1. The number of rotatable bonds is 2. The van der Waals surface area contributed by atoms with E-state index < -0.39 is 5.60 Å². The highest BCUT2D eigenvalue weighted by Crippen LogP contribution is 2.39. The number of halogens is 1. The highest BCUT2D eigenvalue weighted by atomic mass is 79.9. The molecule has 1 fully saturated rings. The number of hydrogen-bond donors (Lipinski definition) is 2. The third kappa shape index (κ3) is 1.58. The average Bonchev–Trinajstić information content (AvgIpc) is 2.81. The van der Waals surface area contributed by atoms with Crippen molar-refractivity contribution < 1.29 is 5.11 Å². The van der Waals surface area contributed by atoms with Gasteiger partial charge in [0.25, 0.3) is 0 Å². The van der Waals surface area contributed by atoms with Crippen LogP contribution in [0.2, 0.25) is 0 Å². The van der Waals surface area contributed by atoms with Gasteiger partial charge in [-0.1, -0.05) is 18.2 Å². The molecular weight excluding hydrogens is 256 g/mol. The fraction of sp³-hybridized carbons (Fsp3) is 0.364. The number of nitrogens with one attached hydrogen (secondary N) is 1. The summed E-state index contributed by atoms with van der Waals surface area (Å²) >= 11 is 3.42. The summed E-state index contributed by atoms with van der Waals surface area (Å²) in [4.78, 5) is 0. The topological polar surface area (TPSA) is 48.9 Å².